The molecule has 5 heteroatoms. The van der Waals surface area contributed by atoms with E-state index in [1.165, 1.54) is 0 Å². The molecule has 2 rings (SSSR count). The SMILES string of the molecule is CCN(C(=O)C1CC(=O)N(c2ccc(OC)cc2)C1)C(C)C(C)C. The Labute approximate surface area is 144 Å². The van der Waals surface area contributed by atoms with Gasteiger partial charge in [0.2, 0.25) is 11.8 Å². The second-order valence-corrected chi connectivity index (χ2v) is 6.71. The van der Waals surface area contributed by atoms with E-state index in [-0.39, 0.29) is 30.2 Å². The molecule has 1 aliphatic heterocycles. The second-order valence-electron chi connectivity index (χ2n) is 6.71. The Morgan fingerprint density at radius 2 is 1.92 bits per heavy atom. The molecule has 132 valence electrons. The van der Waals surface area contributed by atoms with Crippen molar-refractivity contribution in [1.82, 2.24) is 4.90 Å². The highest BCUT2D eigenvalue weighted by molar-refractivity contribution is 6.00. The van der Waals surface area contributed by atoms with Crippen LogP contribution in [0.5, 0.6) is 5.75 Å². The van der Waals surface area contributed by atoms with Gasteiger partial charge in [-0.15, -0.1) is 0 Å². The van der Waals surface area contributed by atoms with E-state index < -0.39 is 0 Å². The summed E-state index contributed by atoms with van der Waals surface area (Å²) in [7, 11) is 1.61. The standard InChI is InChI=1S/C19H28N2O3/c1-6-20(14(4)13(2)3)19(23)15-11-18(22)21(12-15)16-7-9-17(24-5)10-8-16/h7-10,13-15H,6,11-12H2,1-5H3. The average Bonchev–Trinajstić information content (AvgIpc) is 2.97. The molecule has 0 bridgehead atoms. The van der Waals surface area contributed by atoms with Gasteiger partial charge in [-0.2, -0.15) is 0 Å². The zero-order valence-corrected chi connectivity index (χ0v) is 15.3. The first kappa shape index (κ1) is 18.3. The number of amides is 2. The third-order valence-corrected chi connectivity index (χ3v) is 4.94. The highest BCUT2D eigenvalue weighted by Crippen LogP contribution is 2.28. The second kappa shape index (κ2) is 7.69. The van der Waals surface area contributed by atoms with E-state index in [2.05, 4.69) is 20.8 Å². The molecule has 0 aromatic heterocycles. The van der Waals surface area contributed by atoms with Gasteiger partial charge in [0.1, 0.15) is 5.75 Å². The van der Waals surface area contributed by atoms with E-state index in [4.69, 9.17) is 4.74 Å². The van der Waals surface area contributed by atoms with Gasteiger partial charge < -0.3 is 14.5 Å². The maximum Gasteiger partial charge on any atom is 0.228 e. The predicted molar refractivity (Wildman–Crippen MR) is 95.1 cm³/mol. The van der Waals surface area contributed by atoms with Crippen LogP contribution in [0.15, 0.2) is 24.3 Å². The Hall–Kier alpha value is -2.04. The summed E-state index contributed by atoms with van der Waals surface area (Å²) in [6, 6.07) is 7.55. The van der Waals surface area contributed by atoms with Crippen LogP contribution in [0, 0.1) is 11.8 Å². The predicted octanol–water partition coefficient (Wildman–Crippen LogP) is 2.94. The number of anilines is 1. The lowest BCUT2D eigenvalue weighted by atomic mass is 10.0. The van der Waals surface area contributed by atoms with Crippen LogP contribution in [0.25, 0.3) is 0 Å². The zero-order valence-electron chi connectivity index (χ0n) is 15.3. The molecule has 0 spiro atoms. The average molecular weight is 332 g/mol. The number of methoxy groups -OCH3 is 1. The molecule has 1 saturated heterocycles. The first-order chi connectivity index (χ1) is 11.4. The van der Waals surface area contributed by atoms with Gasteiger partial charge in [0.25, 0.3) is 0 Å². The molecule has 0 N–H and O–H groups in total. The Morgan fingerprint density at radius 1 is 1.29 bits per heavy atom. The number of nitrogens with zero attached hydrogens (tertiary/aromatic N) is 2. The van der Waals surface area contributed by atoms with Crippen molar-refractivity contribution >= 4 is 17.5 Å². The quantitative estimate of drug-likeness (QED) is 0.805. The van der Waals surface area contributed by atoms with Gasteiger partial charge in [-0.25, -0.2) is 0 Å². The molecule has 2 amide bonds. The van der Waals surface area contributed by atoms with Crippen LogP contribution < -0.4 is 9.64 Å². The van der Waals surface area contributed by atoms with Crippen LogP contribution in [0.1, 0.15) is 34.1 Å². The number of rotatable bonds is 6. The molecule has 1 heterocycles. The van der Waals surface area contributed by atoms with E-state index in [1.54, 1.807) is 12.0 Å². The van der Waals surface area contributed by atoms with E-state index in [1.807, 2.05) is 36.1 Å². The van der Waals surface area contributed by atoms with Crippen molar-refractivity contribution in [3.05, 3.63) is 24.3 Å². The third kappa shape index (κ3) is 3.71. The van der Waals surface area contributed by atoms with Crippen LogP contribution in [0.2, 0.25) is 0 Å². The highest BCUT2D eigenvalue weighted by atomic mass is 16.5. The van der Waals surface area contributed by atoms with Crippen molar-refractivity contribution in [2.45, 2.75) is 40.2 Å². The minimum Gasteiger partial charge on any atom is -0.497 e. The van der Waals surface area contributed by atoms with Crippen LogP contribution >= 0.6 is 0 Å². The molecule has 24 heavy (non-hydrogen) atoms. The Bertz CT molecular complexity index is 583. The highest BCUT2D eigenvalue weighted by Gasteiger charge is 2.38. The van der Waals surface area contributed by atoms with Crippen molar-refractivity contribution in [1.29, 1.82) is 0 Å². The molecule has 1 fully saturated rings. The van der Waals surface area contributed by atoms with Gasteiger partial charge in [0, 0.05) is 31.2 Å². The lowest BCUT2D eigenvalue weighted by molar-refractivity contribution is -0.138. The summed E-state index contributed by atoms with van der Waals surface area (Å²) >= 11 is 0. The van der Waals surface area contributed by atoms with Gasteiger partial charge in [0.15, 0.2) is 0 Å². The van der Waals surface area contributed by atoms with Crippen LogP contribution in [-0.2, 0) is 9.59 Å². The van der Waals surface area contributed by atoms with Gasteiger partial charge in [-0.1, -0.05) is 13.8 Å². The number of carbonyl (C=O) groups excluding carboxylic acids is 2. The molecular formula is C19H28N2O3. The van der Waals surface area contributed by atoms with Gasteiger partial charge in [-0.05, 0) is 44.0 Å². The van der Waals surface area contributed by atoms with E-state index >= 15 is 0 Å². The zero-order chi connectivity index (χ0) is 17.9. The molecule has 1 aromatic rings. The number of hydrogen-bond donors (Lipinski definition) is 0. The van der Waals surface area contributed by atoms with Crippen LogP contribution in [-0.4, -0.2) is 43.0 Å². The summed E-state index contributed by atoms with van der Waals surface area (Å²) in [6.07, 6.45) is 0.284. The topological polar surface area (TPSA) is 49.9 Å². The summed E-state index contributed by atoms with van der Waals surface area (Å²) in [5, 5.41) is 0. The molecule has 1 aromatic carbocycles. The summed E-state index contributed by atoms with van der Waals surface area (Å²) in [6.45, 7) is 9.42. The number of hydrogen-bond acceptors (Lipinski definition) is 3. The smallest absolute Gasteiger partial charge is 0.228 e. The van der Waals surface area contributed by atoms with E-state index in [9.17, 15) is 9.59 Å². The molecule has 2 atom stereocenters. The third-order valence-electron chi connectivity index (χ3n) is 4.94. The summed E-state index contributed by atoms with van der Waals surface area (Å²) in [4.78, 5) is 28.9. The van der Waals surface area contributed by atoms with Crippen LogP contribution in [0.4, 0.5) is 5.69 Å². The molecule has 2 unspecified atom stereocenters. The fourth-order valence-corrected chi connectivity index (χ4v) is 3.12. The number of carbonyl (C=O) groups is 2. The first-order valence-electron chi connectivity index (χ1n) is 8.63. The summed E-state index contributed by atoms with van der Waals surface area (Å²) < 4.78 is 5.15. The van der Waals surface area contributed by atoms with Crippen molar-refractivity contribution in [3.63, 3.8) is 0 Å². The monoisotopic (exact) mass is 332 g/mol. The number of ether oxygens (including phenoxy) is 1. The lowest BCUT2D eigenvalue weighted by Gasteiger charge is -2.32. The van der Waals surface area contributed by atoms with Crippen molar-refractivity contribution in [2.24, 2.45) is 11.8 Å². The van der Waals surface area contributed by atoms with Gasteiger partial charge >= 0.3 is 0 Å². The summed E-state index contributed by atoms with van der Waals surface area (Å²) in [5.41, 5.74) is 0.816. The van der Waals surface area contributed by atoms with Crippen molar-refractivity contribution in [3.8, 4) is 5.75 Å². The fourth-order valence-electron chi connectivity index (χ4n) is 3.12. The maximum absolute atomic E-state index is 12.9. The normalized spacial score (nSPS) is 18.8. The van der Waals surface area contributed by atoms with Crippen molar-refractivity contribution in [2.75, 3.05) is 25.1 Å². The Balaban J connectivity index is 2.11. The molecule has 1 aliphatic rings. The molecule has 5 nitrogen and oxygen atoms in total. The Kier molecular flexibility index (Phi) is 5.86. The minimum absolute atomic E-state index is 0.00627. The molecule has 0 radical (unpaired) electrons. The largest absolute Gasteiger partial charge is 0.497 e. The van der Waals surface area contributed by atoms with Gasteiger partial charge in [0.05, 0.1) is 13.0 Å². The number of benzene rings is 1. The lowest BCUT2D eigenvalue weighted by Crippen LogP contribution is -2.45. The first-order valence-corrected chi connectivity index (χ1v) is 8.63. The van der Waals surface area contributed by atoms with E-state index in [0.29, 0.717) is 19.0 Å². The fraction of sp³-hybridized carbons (Fsp3) is 0.579. The molecule has 0 saturated carbocycles. The molecular weight excluding hydrogens is 304 g/mol. The minimum atomic E-state index is -0.263. The summed E-state index contributed by atoms with van der Waals surface area (Å²) in [5.74, 6) is 0.972. The van der Waals surface area contributed by atoms with Gasteiger partial charge in [-0.3, -0.25) is 9.59 Å². The maximum atomic E-state index is 12.9. The molecule has 0 aliphatic carbocycles. The van der Waals surface area contributed by atoms with E-state index in [0.717, 1.165) is 11.4 Å². The van der Waals surface area contributed by atoms with Crippen molar-refractivity contribution < 1.29 is 14.3 Å². The van der Waals surface area contributed by atoms with Crippen LogP contribution in [0.3, 0.4) is 0 Å². The Morgan fingerprint density at radius 3 is 2.42 bits per heavy atom.